The van der Waals surface area contributed by atoms with Gasteiger partial charge in [-0.05, 0) is 42.5 Å². The van der Waals surface area contributed by atoms with Crippen LogP contribution in [-0.2, 0) is 6.18 Å². The summed E-state index contributed by atoms with van der Waals surface area (Å²) in [5.74, 6) is -0.565. The number of carbonyl (C=O) groups excluding carboxylic acids is 1. The SMILES string of the molecule is COc1ccc(C(=O)Nc2ccccc2-c2nc3cccnc3[nH]2)cc1C(F)(F)F. The molecule has 0 unspecified atom stereocenters. The second-order valence-corrected chi connectivity index (χ2v) is 6.37. The minimum Gasteiger partial charge on any atom is -0.496 e. The number of pyridine rings is 1. The summed E-state index contributed by atoms with van der Waals surface area (Å²) in [7, 11) is 1.14. The number of amides is 1. The average Bonchev–Trinajstić information content (AvgIpc) is 3.17. The highest BCUT2D eigenvalue weighted by atomic mass is 19.4. The zero-order valence-corrected chi connectivity index (χ0v) is 15.6. The minimum absolute atomic E-state index is 0.149. The number of carbonyl (C=O) groups is 1. The van der Waals surface area contributed by atoms with E-state index in [-0.39, 0.29) is 11.3 Å². The third-order valence-electron chi connectivity index (χ3n) is 4.45. The summed E-state index contributed by atoms with van der Waals surface area (Å²) in [6.45, 7) is 0. The van der Waals surface area contributed by atoms with E-state index in [0.717, 1.165) is 19.2 Å². The van der Waals surface area contributed by atoms with Gasteiger partial charge in [-0.1, -0.05) is 12.1 Å². The lowest BCUT2D eigenvalue weighted by Gasteiger charge is -2.14. The number of halogens is 3. The molecule has 0 saturated heterocycles. The quantitative estimate of drug-likeness (QED) is 0.499. The Morgan fingerprint density at radius 1 is 1.10 bits per heavy atom. The fourth-order valence-corrected chi connectivity index (χ4v) is 3.04. The van der Waals surface area contributed by atoms with E-state index < -0.39 is 17.6 Å². The summed E-state index contributed by atoms with van der Waals surface area (Å²) < 4.78 is 44.5. The molecule has 1 amide bonds. The van der Waals surface area contributed by atoms with Crippen LogP contribution in [0.2, 0.25) is 0 Å². The Balaban J connectivity index is 1.68. The zero-order valence-electron chi connectivity index (χ0n) is 15.6. The van der Waals surface area contributed by atoms with Gasteiger partial charge in [0.1, 0.15) is 17.1 Å². The second-order valence-electron chi connectivity index (χ2n) is 6.37. The molecule has 0 aliphatic heterocycles. The van der Waals surface area contributed by atoms with Gasteiger partial charge in [-0.2, -0.15) is 13.2 Å². The molecule has 4 aromatic rings. The van der Waals surface area contributed by atoms with Gasteiger partial charge in [0.05, 0.1) is 18.4 Å². The molecule has 0 saturated carbocycles. The van der Waals surface area contributed by atoms with Crippen molar-refractivity contribution in [2.24, 2.45) is 0 Å². The molecule has 9 heteroatoms. The highest BCUT2D eigenvalue weighted by Gasteiger charge is 2.35. The number of hydrogen-bond donors (Lipinski definition) is 2. The monoisotopic (exact) mass is 412 g/mol. The summed E-state index contributed by atoms with van der Waals surface area (Å²) in [5, 5.41) is 2.66. The molecule has 2 aromatic heterocycles. The van der Waals surface area contributed by atoms with Crippen molar-refractivity contribution in [2.45, 2.75) is 6.18 Å². The fraction of sp³-hybridized carbons (Fsp3) is 0.0952. The highest BCUT2D eigenvalue weighted by molar-refractivity contribution is 6.06. The van der Waals surface area contributed by atoms with Gasteiger partial charge in [0.15, 0.2) is 5.65 Å². The van der Waals surface area contributed by atoms with Crippen LogP contribution in [0.4, 0.5) is 18.9 Å². The summed E-state index contributed by atoms with van der Waals surface area (Å²) >= 11 is 0. The van der Waals surface area contributed by atoms with Crippen molar-refractivity contribution in [3.05, 3.63) is 71.9 Å². The lowest BCUT2D eigenvalue weighted by Crippen LogP contribution is -2.15. The second kappa shape index (κ2) is 7.51. The number of methoxy groups -OCH3 is 1. The molecule has 0 spiro atoms. The van der Waals surface area contributed by atoms with Crippen molar-refractivity contribution in [3.63, 3.8) is 0 Å². The van der Waals surface area contributed by atoms with Gasteiger partial charge in [-0.15, -0.1) is 0 Å². The van der Waals surface area contributed by atoms with E-state index in [1.165, 1.54) is 6.07 Å². The standard InChI is InChI=1S/C21H15F3N4O2/c1-30-17-9-8-12(11-14(17)21(22,23)24)20(29)27-15-6-3-2-5-13(15)18-26-16-7-4-10-25-19(16)28-18/h2-11H,1H3,(H,27,29)(H,25,26,28). The summed E-state index contributed by atoms with van der Waals surface area (Å²) in [6.07, 6.45) is -3.03. The smallest absolute Gasteiger partial charge is 0.419 e. The number of nitrogens with zero attached hydrogens (tertiary/aromatic N) is 2. The van der Waals surface area contributed by atoms with Crippen molar-refractivity contribution in [2.75, 3.05) is 12.4 Å². The van der Waals surface area contributed by atoms with Gasteiger partial charge >= 0.3 is 6.18 Å². The number of para-hydroxylation sites is 1. The summed E-state index contributed by atoms with van der Waals surface area (Å²) in [4.78, 5) is 24.4. The van der Waals surface area contributed by atoms with Crippen LogP contribution >= 0.6 is 0 Å². The van der Waals surface area contributed by atoms with E-state index >= 15 is 0 Å². The third-order valence-corrected chi connectivity index (χ3v) is 4.45. The number of ether oxygens (including phenoxy) is 1. The molecule has 6 nitrogen and oxygen atoms in total. The molecular formula is C21H15F3N4O2. The number of anilines is 1. The van der Waals surface area contributed by atoms with Crippen molar-refractivity contribution >= 4 is 22.8 Å². The van der Waals surface area contributed by atoms with Crippen molar-refractivity contribution in [3.8, 4) is 17.1 Å². The van der Waals surface area contributed by atoms with Gasteiger partial charge in [-0.3, -0.25) is 4.79 Å². The van der Waals surface area contributed by atoms with E-state index in [9.17, 15) is 18.0 Å². The van der Waals surface area contributed by atoms with E-state index in [0.29, 0.717) is 28.2 Å². The Labute approximate surface area is 168 Å². The Bertz CT molecular complexity index is 1200. The number of fused-ring (bicyclic) bond motifs is 1. The normalized spacial score (nSPS) is 11.5. The molecule has 2 N–H and O–H groups in total. The zero-order chi connectivity index (χ0) is 21.3. The molecule has 4 rings (SSSR count). The number of H-pyrrole nitrogens is 1. The summed E-state index contributed by atoms with van der Waals surface area (Å²) in [6, 6.07) is 13.6. The Morgan fingerprint density at radius 3 is 2.63 bits per heavy atom. The molecule has 0 fully saturated rings. The van der Waals surface area contributed by atoms with E-state index in [4.69, 9.17) is 4.74 Å². The van der Waals surface area contributed by atoms with Crippen molar-refractivity contribution < 1.29 is 22.7 Å². The van der Waals surface area contributed by atoms with Gasteiger partial charge in [-0.25, -0.2) is 9.97 Å². The molecule has 2 heterocycles. The van der Waals surface area contributed by atoms with Gasteiger partial charge in [0, 0.05) is 17.3 Å². The topological polar surface area (TPSA) is 79.9 Å². The maximum absolute atomic E-state index is 13.3. The van der Waals surface area contributed by atoms with Gasteiger partial charge in [0.2, 0.25) is 0 Å². The van der Waals surface area contributed by atoms with Crippen LogP contribution in [0.5, 0.6) is 5.75 Å². The van der Waals surface area contributed by atoms with E-state index in [1.54, 1.807) is 42.6 Å². The maximum Gasteiger partial charge on any atom is 0.419 e. The van der Waals surface area contributed by atoms with Crippen LogP contribution in [-0.4, -0.2) is 28.0 Å². The van der Waals surface area contributed by atoms with Crippen LogP contribution < -0.4 is 10.1 Å². The molecule has 0 atom stereocenters. The molecule has 0 aliphatic carbocycles. The molecule has 0 aliphatic rings. The average molecular weight is 412 g/mol. The van der Waals surface area contributed by atoms with Gasteiger partial charge < -0.3 is 15.0 Å². The van der Waals surface area contributed by atoms with Crippen molar-refractivity contribution in [1.29, 1.82) is 0 Å². The number of aromatic amines is 1. The molecule has 0 bridgehead atoms. The molecule has 30 heavy (non-hydrogen) atoms. The number of alkyl halides is 3. The van der Waals surface area contributed by atoms with Crippen LogP contribution in [0.3, 0.4) is 0 Å². The molecule has 2 aromatic carbocycles. The predicted octanol–water partition coefficient (Wildman–Crippen LogP) is 4.90. The number of imidazole rings is 1. The third kappa shape index (κ3) is 3.69. The first-order valence-corrected chi connectivity index (χ1v) is 8.83. The van der Waals surface area contributed by atoms with Crippen LogP contribution in [0, 0.1) is 0 Å². The first-order chi connectivity index (χ1) is 14.4. The highest BCUT2D eigenvalue weighted by Crippen LogP contribution is 2.37. The van der Waals surface area contributed by atoms with Crippen LogP contribution in [0.1, 0.15) is 15.9 Å². The number of aromatic nitrogens is 3. The molecular weight excluding hydrogens is 397 g/mol. The summed E-state index contributed by atoms with van der Waals surface area (Å²) in [5.41, 5.74) is 1.04. The predicted molar refractivity (Wildman–Crippen MR) is 105 cm³/mol. The molecule has 152 valence electrons. The first kappa shape index (κ1) is 19.4. The fourth-order valence-electron chi connectivity index (χ4n) is 3.04. The van der Waals surface area contributed by atoms with Crippen LogP contribution in [0.25, 0.3) is 22.6 Å². The number of benzene rings is 2. The molecule has 0 radical (unpaired) electrons. The largest absolute Gasteiger partial charge is 0.496 e. The number of nitrogens with one attached hydrogen (secondary N) is 2. The van der Waals surface area contributed by atoms with Gasteiger partial charge in [0.25, 0.3) is 5.91 Å². The maximum atomic E-state index is 13.3. The number of rotatable bonds is 4. The van der Waals surface area contributed by atoms with Crippen molar-refractivity contribution in [1.82, 2.24) is 15.0 Å². The minimum atomic E-state index is -4.65. The Morgan fingerprint density at radius 2 is 1.90 bits per heavy atom. The Hall–Kier alpha value is -3.88. The van der Waals surface area contributed by atoms with E-state index in [2.05, 4.69) is 20.3 Å². The van der Waals surface area contributed by atoms with Crippen LogP contribution in [0.15, 0.2) is 60.8 Å². The van der Waals surface area contributed by atoms with E-state index in [1.807, 2.05) is 0 Å². The lowest BCUT2D eigenvalue weighted by molar-refractivity contribution is -0.138. The first-order valence-electron chi connectivity index (χ1n) is 8.83. The lowest BCUT2D eigenvalue weighted by atomic mass is 10.1. The Kier molecular flexibility index (Phi) is 4.86. The number of hydrogen-bond acceptors (Lipinski definition) is 4.